The van der Waals surface area contributed by atoms with Gasteiger partial charge in [0.25, 0.3) is 0 Å². The van der Waals surface area contributed by atoms with E-state index in [0.717, 1.165) is 44.5 Å². The summed E-state index contributed by atoms with van der Waals surface area (Å²) < 4.78 is 4.99. The van der Waals surface area contributed by atoms with Crippen LogP contribution in [-0.4, -0.2) is 70.4 Å². The number of rotatable bonds is 19. The van der Waals surface area contributed by atoms with E-state index in [4.69, 9.17) is 9.84 Å². The number of nitrogens with zero attached hydrogens (tertiary/aromatic N) is 2. The van der Waals surface area contributed by atoms with Gasteiger partial charge in [0.2, 0.25) is 0 Å². The first-order valence-electron chi connectivity index (χ1n) is 19.2. The second-order valence-corrected chi connectivity index (χ2v) is 13.6. The van der Waals surface area contributed by atoms with Gasteiger partial charge in [-0.15, -0.1) is 0 Å². The Morgan fingerprint density at radius 1 is 0.534 bits per heavy atom. The van der Waals surface area contributed by atoms with E-state index < -0.39 is 18.1 Å². The first-order valence-corrected chi connectivity index (χ1v) is 19.2. The van der Waals surface area contributed by atoms with Gasteiger partial charge >= 0.3 is 11.9 Å². The van der Waals surface area contributed by atoms with Crippen LogP contribution in [-0.2, 0) is 49.6 Å². The minimum Gasteiger partial charge on any atom is -0.480 e. The Morgan fingerprint density at radius 2 is 0.948 bits per heavy atom. The summed E-state index contributed by atoms with van der Waals surface area (Å²) in [5.41, 5.74) is 8.02. The molecule has 0 unspecified atom stereocenters. The molecule has 2 aromatic heterocycles. The summed E-state index contributed by atoms with van der Waals surface area (Å²) in [6.07, 6.45) is 8.47. The van der Waals surface area contributed by atoms with Crippen LogP contribution in [0.15, 0.2) is 158 Å². The number of aromatic nitrogens is 2. The quantitative estimate of drug-likeness (QED) is 0.0754. The third kappa shape index (κ3) is 14.1. The van der Waals surface area contributed by atoms with Crippen molar-refractivity contribution in [3.8, 4) is 22.3 Å². The molecule has 3 N–H and O–H groups in total. The number of hydrogen-bond donors (Lipinski definition) is 3. The number of esters is 1. The van der Waals surface area contributed by atoms with Gasteiger partial charge in [-0.2, -0.15) is 0 Å². The molecule has 0 aliphatic heterocycles. The van der Waals surface area contributed by atoms with Crippen molar-refractivity contribution >= 4 is 23.5 Å². The molecule has 0 aliphatic rings. The molecule has 0 aliphatic carbocycles. The van der Waals surface area contributed by atoms with E-state index in [1.165, 1.54) is 0 Å². The van der Waals surface area contributed by atoms with Crippen molar-refractivity contribution in [3.63, 3.8) is 0 Å². The van der Waals surface area contributed by atoms with Gasteiger partial charge in [0.1, 0.15) is 0 Å². The van der Waals surface area contributed by atoms with Gasteiger partial charge in [0.05, 0.1) is 31.8 Å². The number of ketones is 2. The number of benzene rings is 4. The highest BCUT2D eigenvalue weighted by Gasteiger charge is 2.22. The number of carbonyl (C=O) groups excluding carboxylic acids is 3. The van der Waals surface area contributed by atoms with E-state index in [1.54, 1.807) is 31.7 Å². The summed E-state index contributed by atoms with van der Waals surface area (Å²) in [6.45, 7) is 1.84. The first kappa shape index (κ1) is 42.5. The molecule has 0 bridgehead atoms. The molecular weight excluding hydrogens is 729 g/mol. The third-order valence-electron chi connectivity index (χ3n) is 9.28. The van der Waals surface area contributed by atoms with Crippen LogP contribution in [0.4, 0.5) is 0 Å². The number of carboxylic acid groups (broad SMARTS) is 1. The van der Waals surface area contributed by atoms with Gasteiger partial charge in [-0.05, 0) is 88.5 Å². The standard InChI is InChI=1S/C25H26N2O3.C23H22N2O3/c1-2-30-25(29)18-27-23(16-19-7-4-3-5-8-19)24(28)17-20-9-6-10-22(15-20)21-11-13-26-14-12-21;26-22(21(25-16-23(27)28)14-17-5-2-1-3-6-17)15-18-7-4-8-20(13-18)19-9-11-24-12-10-19/h3-15,23,27H,2,16-18H2,1H3;1-13,21,25H,14-16H2,(H,27,28)/t23-;21-/m00/s1. The summed E-state index contributed by atoms with van der Waals surface area (Å²) in [6, 6.07) is 41.9. The van der Waals surface area contributed by atoms with Crippen molar-refractivity contribution in [2.75, 3.05) is 19.7 Å². The van der Waals surface area contributed by atoms with Crippen LogP contribution in [0, 0.1) is 0 Å². The smallest absolute Gasteiger partial charge is 0.319 e. The van der Waals surface area contributed by atoms with Crippen molar-refractivity contribution in [2.45, 2.75) is 44.7 Å². The molecule has 0 amide bonds. The van der Waals surface area contributed by atoms with Crippen molar-refractivity contribution in [1.29, 1.82) is 0 Å². The molecule has 296 valence electrons. The lowest BCUT2D eigenvalue weighted by atomic mass is 9.96. The normalized spacial score (nSPS) is 11.7. The summed E-state index contributed by atoms with van der Waals surface area (Å²) in [5, 5.41) is 14.9. The average molecular weight is 777 g/mol. The molecule has 0 saturated carbocycles. The van der Waals surface area contributed by atoms with Crippen LogP contribution in [0.2, 0.25) is 0 Å². The zero-order chi connectivity index (χ0) is 41.0. The highest BCUT2D eigenvalue weighted by molar-refractivity contribution is 5.88. The Kier molecular flexibility index (Phi) is 16.7. The lowest BCUT2D eigenvalue weighted by Gasteiger charge is -2.18. The maximum Gasteiger partial charge on any atom is 0.319 e. The molecule has 4 aromatic carbocycles. The number of carboxylic acids is 1. The van der Waals surface area contributed by atoms with Crippen LogP contribution < -0.4 is 10.6 Å². The summed E-state index contributed by atoms with van der Waals surface area (Å²) in [4.78, 5) is 56.8. The molecule has 0 fully saturated rings. The Morgan fingerprint density at radius 3 is 1.36 bits per heavy atom. The monoisotopic (exact) mass is 776 g/mol. The van der Waals surface area contributed by atoms with Gasteiger partial charge in [-0.1, -0.05) is 109 Å². The largest absolute Gasteiger partial charge is 0.480 e. The van der Waals surface area contributed by atoms with Crippen molar-refractivity contribution in [2.24, 2.45) is 0 Å². The second-order valence-electron chi connectivity index (χ2n) is 13.6. The zero-order valence-corrected chi connectivity index (χ0v) is 32.5. The molecule has 0 spiro atoms. The van der Waals surface area contributed by atoms with Gasteiger partial charge in [-0.3, -0.25) is 39.8 Å². The molecule has 10 heteroatoms. The predicted octanol–water partition coefficient (Wildman–Crippen LogP) is 6.77. The minimum atomic E-state index is -0.981. The number of pyridine rings is 2. The summed E-state index contributed by atoms with van der Waals surface area (Å²) in [7, 11) is 0. The lowest BCUT2D eigenvalue weighted by molar-refractivity contribution is -0.142. The van der Waals surface area contributed by atoms with Gasteiger partial charge in [0, 0.05) is 37.6 Å². The molecule has 10 nitrogen and oxygen atoms in total. The summed E-state index contributed by atoms with van der Waals surface area (Å²) >= 11 is 0. The number of nitrogens with one attached hydrogen (secondary N) is 2. The molecular formula is C48H48N4O6. The Hall–Kier alpha value is -6.62. The molecule has 58 heavy (non-hydrogen) atoms. The van der Waals surface area contributed by atoms with Crippen LogP contribution in [0.25, 0.3) is 22.3 Å². The summed E-state index contributed by atoms with van der Waals surface area (Å²) in [5.74, 6) is -1.33. The number of aliphatic carboxylic acids is 1. The molecule has 2 heterocycles. The van der Waals surface area contributed by atoms with Crippen LogP contribution in [0.1, 0.15) is 29.2 Å². The van der Waals surface area contributed by atoms with Crippen molar-refractivity contribution < 1.29 is 29.0 Å². The van der Waals surface area contributed by atoms with Gasteiger partial charge in [-0.25, -0.2) is 0 Å². The average Bonchev–Trinajstić information content (AvgIpc) is 3.25. The van der Waals surface area contributed by atoms with E-state index in [9.17, 15) is 19.2 Å². The fourth-order valence-electron chi connectivity index (χ4n) is 6.39. The maximum absolute atomic E-state index is 13.1. The number of hydrogen-bond acceptors (Lipinski definition) is 9. The van der Waals surface area contributed by atoms with E-state index >= 15 is 0 Å². The van der Waals surface area contributed by atoms with E-state index in [2.05, 4.69) is 20.6 Å². The van der Waals surface area contributed by atoms with E-state index in [0.29, 0.717) is 19.4 Å². The minimum absolute atomic E-state index is 0.00807. The SMILES string of the molecule is CCOC(=O)CN[C@@H](Cc1ccccc1)C(=O)Cc1cccc(-c2ccncc2)c1.O=C(O)CN[C@@H](Cc1ccccc1)C(=O)Cc1cccc(-c2ccncc2)c1. The van der Waals surface area contributed by atoms with Gasteiger partial charge in [0.15, 0.2) is 11.6 Å². The highest BCUT2D eigenvalue weighted by Crippen LogP contribution is 2.22. The fraction of sp³-hybridized carbons (Fsp3) is 0.208. The van der Waals surface area contributed by atoms with Crippen LogP contribution in [0.5, 0.6) is 0 Å². The topological polar surface area (TPSA) is 148 Å². The molecule has 6 aromatic rings. The van der Waals surface area contributed by atoms with E-state index in [-0.39, 0.29) is 43.5 Å². The fourth-order valence-corrected chi connectivity index (χ4v) is 6.39. The van der Waals surface area contributed by atoms with Crippen LogP contribution >= 0.6 is 0 Å². The van der Waals surface area contributed by atoms with E-state index in [1.807, 2.05) is 133 Å². The lowest BCUT2D eigenvalue weighted by Crippen LogP contribution is -2.42. The zero-order valence-electron chi connectivity index (χ0n) is 32.5. The van der Waals surface area contributed by atoms with Crippen LogP contribution in [0.3, 0.4) is 0 Å². The number of ether oxygens (including phenoxy) is 1. The molecule has 6 rings (SSSR count). The second kappa shape index (κ2) is 22.8. The highest BCUT2D eigenvalue weighted by atomic mass is 16.5. The molecule has 0 radical (unpaired) electrons. The first-order chi connectivity index (χ1) is 28.3. The van der Waals surface area contributed by atoms with Crippen molar-refractivity contribution in [3.05, 3.63) is 181 Å². The maximum atomic E-state index is 13.1. The Bertz CT molecular complexity index is 2200. The number of Topliss-reactive ketones (excluding diaryl/α,β-unsaturated/α-hetero) is 2. The van der Waals surface area contributed by atoms with Crippen molar-refractivity contribution in [1.82, 2.24) is 20.6 Å². The van der Waals surface area contributed by atoms with Gasteiger partial charge < -0.3 is 9.84 Å². The predicted molar refractivity (Wildman–Crippen MR) is 225 cm³/mol. The third-order valence-corrected chi connectivity index (χ3v) is 9.28. The molecule has 0 saturated heterocycles. The number of carbonyl (C=O) groups is 4. The Labute approximate surface area is 339 Å². The molecule has 2 atom stereocenters. The Balaban J connectivity index is 0.000000221.